The molecule has 0 radical (unpaired) electrons. The van der Waals surface area contributed by atoms with Crippen molar-refractivity contribution < 1.29 is 14.6 Å². The highest BCUT2D eigenvalue weighted by Crippen LogP contribution is 2.41. The number of carbonyl (C=O) groups is 1. The maximum atomic E-state index is 12.9. The van der Waals surface area contributed by atoms with Gasteiger partial charge in [0.05, 0.1) is 11.1 Å². The van der Waals surface area contributed by atoms with Crippen LogP contribution in [0.5, 0.6) is 11.5 Å². The molecule has 0 saturated carbocycles. The summed E-state index contributed by atoms with van der Waals surface area (Å²) < 4.78 is 5.96. The highest BCUT2D eigenvalue weighted by atomic mass is 35.5. The van der Waals surface area contributed by atoms with Gasteiger partial charge in [0.15, 0.2) is 5.76 Å². The number of fused-ring (bicyclic) bond motifs is 1. The fourth-order valence-corrected chi connectivity index (χ4v) is 3.99. The van der Waals surface area contributed by atoms with E-state index in [1.807, 2.05) is 0 Å². The van der Waals surface area contributed by atoms with Gasteiger partial charge >= 0.3 is 0 Å². The summed E-state index contributed by atoms with van der Waals surface area (Å²) in [6.07, 6.45) is 5.93. The van der Waals surface area contributed by atoms with E-state index >= 15 is 0 Å². The number of nitrogens with zero attached hydrogens (tertiary/aromatic N) is 1. The van der Waals surface area contributed by atoms with Gasteiger partial charge in [0, 0.05) is 22.2 Å². The van der Waals surface area contributed by atoms with Gasteiger partial charge in [-0.05, 0) is 56.3 Å². The monoisotopic (exact) mass is 447 g/mol. The first-order valence-corrected chi connectivity index (χ1v) is 11.2. The molecule has 0 unspecified atom stereocenters. The average Bonchev–Trinajstić information content (AvgIpc) is 3.04. The number of carbonyl (C=O) groups excluding carboxylic acids is 1. The van der Waals surface area contributed by atoms with Crippen molar-refractivity contribution >= 4 is 35.1 Å². The van der Waals surface area contributed by atoms with Crippen LogP contribution in [0.1, 0.15) is 61.0 Å². The molecule has 1 N–H and O–H groups in total. The van der Waals surface area contributed by atoms with E-state index in [1.165, 1.54) is 0 Å². The fraction of sp³-hybridized carbons (Fsp3) is 0.375. The van der Waals surface area contributed by atoms with Gasteiger partial charge in [0.25, 0.3) is 0 Å². The summed E-state index contributed by atoms with van der Waals surface area (Å²) in [4.78, 5) is 15.3. The minimum Gasteiger partial charge on any atom is -0.507 e. The average molecular weight is 448 g/mol. The quantitative estimate of drug-likeness (QED) is 0.433. The number of ether oxygens (including phenoxy) is 1. The number of Topliss-reactive ketones (excluding diaryl/α,β-unsaturated/α-hetero) is 1. The Morgan fingerprint density at radius 2 is 1.67 bits per heavy atom. The lowest BCUT2D eigenvalue weighted by Gasteiger charge is -2.23. The standard InChI is InChI=1S/C24H27Cl2NO3/c1-3-5-12-27(13-6-4-2)15-18-21(28)11-10-16-23(29)22(30-24(16)18)14-17-19(25)8-7-9-20(17)26/h7-11,14,28H,3-6,12-13,15H2,1-2H3/b22-14+. The summed E-state index contributed by atoms with van der Waals surface area (Å²) in [5.74, 6) is 0.473. The largest absolute Gasteiger partial charge is 0.507 e. The van der Waals surface area contributed by atoms with Gasteiger partial charge in [0.1, 0.15) is 11.5 Å². The highest BCUT2D eigenvalue weighted by molar-refractivity contribution is 6.37. The summed E-state index contributed by atoms with van der Waals surface area (Å²) >= 11 is 12.5. The number of halogens is 2. The second kappa shape index (κ2) is 10.3. The highest BCUT2D eigenvalue weighted by Gasteiger charge is 2.32. The second-order valence-corrected chi connectivity index (χ2v) is 8.31. The van der Waals surface area contributed by atoms with Crippen molar-refractivity contribution in [2.24, 2.45) is 0 Å². The third-order valence-corrected chi connectivity index (χ3v) is 5.89. The number of phenolic OH excluding ortho intramolecular Hbond substituents is 1. The summed E-state index contributed by atoms with van der Waals surface area (Å²) in [6, 6.07) is 8.34. The van der Waals surface area contributed by atoms with Gasteiger partial charge < -0.3 is 9.84 Å². The van der Waals surface area contributed by atoms with Gasteiger partial charge in [0.2, 0.25) is 5.78 Å². The van der Waals surface area contributed by atoms with Crippen molar-refractivity contribution in [3.8, 4) is 11.5 Å². The fourth-order valence-electron chi connectivity index (χ4n) is 3.49. The number of benzene rings is 2. The molecule has 0 saturated heterocycles. The normalized spacial score (nSPS) is 14.4. The first-order chi connectivity index (χ1) is 14.5. The lowest BCUT2D eigenvalue weighted by Crippen LogP contribution is -2.25. The molecule has 0 bridgehead atoms. The van der Waals surface area contributed by atoms with Crippen molar-refractivity contribution in [3.05, 3.63) is 62.8 Å². The van der Waals surface area contributed by atoms with Crippen molar-refractivity contribution in [1.29, 1.82) is 0 Å². The van der Waals surface area contributed by atoms with Crippen molar-refractivity contribution in [2.45, 2.75) is 46.1 Å². The number of unbranched alkanes of at least 4 members (excludes halogenated alkanes) is 2. The van der Waals surface area contributed by atoms with E-state index in [0.717, 1.165) is 38.8 Å². The Bertz CT molecular complexity index is 927. The maximum Gasteiger partial charge on any atom is 0.231 e. The molecular weight excluding hydrogens is 421 g/mol. The van der Waals surface area contributed by atoms with E-state index < -0.39 is 0 Å². The molecule has 2 aromatic rings. The molecular formula is C24H27Cl2NO3. The predicted octanol–water partition coefficient (Wildman–Crippen LogP) is 6.72. The molecule has 1 aliphatic heterocycles. The number of rotatable bonds is 9. The van der Waals surface area contributed by atoms with Gasteiger partial charge in [-0.1, -0.05) is 56.0 Å². The van der Waals surface area contributed by atoms with E-state index in [9.17, 15) is 9.90 Å². The smallest absolute Gasteiger partial charge is 0.231 e. The SMILES string of the molecule is CCCCN(CCCC)Cc1c(O)ccc2c1O/C(=C/c1c(Cl)cccc1Cl)C2=O. The van der Waals surface area contributed by atoms with E-state index in [2.05, 4.69) is 18.7 Å². The van der Waals surface area contributed by atoms with Gasteiger partial charge in [-0.25, -0.2) is 0 Å². The summed E-state index contributed by atoms with van der Waals surface area (Å²) in [5.41, 5.74) is 1.63. The maximum absolute atomic E-state index is 12.9. The molecule has 0 aliphatic carbocycles. The molecule has 4 nitrogen and oxygen atoms in total. The van der Waals surface area contributed by atoms with Crippen LogP contribution in [-0.2, 0) is 6.54 Å². The van der Waals surface area contributed by atoms with Crippen LogP contribution in [-0.4, -0.2) is 28.9 Å². The Morgan fingerprint density at radius 1 is 1.03 bits per heavy atom. The van der Waals surface area contributed by atoms with Crippen molar-refractivity contribution in [3.63, 3.8) is 0 Å². The summed E-state index contributed by atoms with van der Waals surface area (Å²) in [6.45, 7) is 6.72. The number of ketones is 1. The number of phenols is 1. The van der Waals surface area contributed by atoms with E-state index in [-0.39, 0.29) is 17.3 Å². The molecule has 2 aromatic carbocycles. The van der Waals surface area contributed by atoms with Crippen LogP contribution in [0.4, 0.5) is 0 Å². The molecule has 1 heterocycles. The van der Waals surface area contributed by atoms with Crippen LogP contribution >= 0.6 is 23.2 Å². The molecule has 1 aliphatic rings. The molecule has 0 atom stereocenters. The van der Waals surface area contributed by atoms with Gasteiger partial charge in [-0.3, -0.25) is 9.69 Å². The first kappa shape index (κ1) is 22.7. The van der Waals surface area contributed by atoms with Crippen LogP contribution in [0.2, 0.25) is 10.0 Å². The Hall–Kier alpha value is -2.01. The van der Waals surface area contributed by atoms with Crippen molar-refractivity contribution in [1.82, 2.24) is 4.90 Å². The molecule has 0 aromatic heterocycles. The Labute approximate surface area is 188 Å². The van der Waals surface area contributed by atoms with Crippen LogP contribution in [0.15, 0.2) is 36.1 Å². The van der Waals surface area contributed by atoms with E-state index in [4.69, 9.17) is 27.9 Å². The molecule has 0 fully saturated rings. The minimum atomic E-state index is -0.240. The third kappa shape index (κ3) is 5.00. The number of aromatic hydroxyl groups is 1. The predicted molar refractivity (Wildman–Crippen MR) is 123 cm³/mol. The molecule has 0 amide bonds. The number of allylic oxidation sites excluding steroid dienone is 1. The zero-order valence-electron chi connectivity index (χ0n) is 17.4. The first-order valence-electron chi connectivity index (χ1n) is 10.4. The minimum absolute atomic E-state index is 0.136. The Kier molecular flexibility index (Phi) is 7.81. The summed E-state index contributed by atoms with van der Waals surface area (Å²) in [5, 5.41) is 11.4. The summed E-state index contributed by atoms with van der Waals surface area (Å²) in [7, 11) is 0. The van der Waals surface area contributed by atoms with E-state index in [0.29, 0.717) is 39.0 Å². The number of hydrogen-bond donors (Lipinski definition) is 1. The third-order valence-electron chi connectivity index (χ3n) is 5.23. The van der Waals surface area contributed by atoms with Crippen LogP contribution in [0.3, 0.4) is 0 Å². The zero-order chi connectivity index (χ0) is 21.7. The molecule has 6 heteroatoms. The van der Waals surface area contributed by atoms with Crippen molar-refractivity contribution in [2.75, 3.05) is 13.1 Å². The zero-order valence-corrected chi connectivity index (χ0v) is 18.9. The second-order valence-electron chi connectivity index (χ2n) is 7.50. The van der Waals surface area contributed by atoms with E-state index in [1.54, 1.807) is 36.4 Å². The Morgan fingerprint density at radius 3 is 2.27 bits per heavy atom. The lowest BCUT2D eigenvalue weighted by atomic mass is 10.0. The molecule has 160 valence electrons. The lowest BCUT2D eigenvalue weighted by molar-refractivity contribution is 0.101. The molecule has 0 spiro atoms. The number of hydrogen-bond acceptors (Lipinski definition) is 4. The van der Waals surface area contributed by atoms with Crippen LogP contribution in [0.25, 0.3) is 6.08 Å². The van der Waals surface area contributed by atoms with Gasteiger partial charge in [-0.2, -0.15) is 0 Å². The molecule has 3 rings (SSSR count). The topological polar surface area (TPSA) is 49.8 Å². The van der Waals surface area contributed by atoms with Crippen LogP contribution in [0, 0.1) is 0 Å². The van der Waals surface area contributed by atoms with Crippen LogP contribution < -0.4 is 4.74 Å². The Balaban J connectivity index is 1.93. The van der Waals surface area contributed by atoms with Gasteiger partial charge in [-0.15, -0.1) is 0 Å². The molecule has 30 heavy (non-hydrogen) atoms.